The molecule has 2 heteroatoms. The van der Waals surface area contributed by atoms with Crippen LogP contribution in [0.4, 0.5) is 17.1 Å². The fourth-order valence-corrected chi connectivity index (χ4v) is 11.2. The van der Waals surface area contributed by atoms with Crippen LogP contribution in [0, 0.1) is 0 Å². The van der Waals surface area contributed by atoms with Gasteiger partial charge in [0, 0.05) is 33.2 Å². The van der Waals surface area contributed by atoms with Crippen molar-refractivity contribution in [3.63, 3.8) is 0 Å². The molecule has 306 valence electrons. The molecule has 0 saturated heterocycles. The van der Waals surface area contributed by atoms with Gasteiger partial charge in [0.15, 0.2) is 0 Å². The number of hydrogen-bond acceptors (Lipinski definition) is 1. The Bertz CT molecular complexity index is 4210. The molecule has 0 aliphatic carbocycles. The Morgan fingerprint density at radius 2 is 0.727 bits per heavy atom. The number of aromatic nitrogens is 1. The quantitative estimate of drug-likeness (QED) is 0.157. The minimum absolute atomic E-state index is 1.10. The molecule has 1 aromatic heterocycles. The summed E-state index contributed by atoms with van der Waals surface area (Å²) in [5.74, 6) is 0. The van der Waals surface area contributed by atoms with E-state index in [2.05, 4.69) is 252 Å². The Kier molecular flexibility index (Phi) is 8.02. The monoisotopic (exact) mass is 836 g/mol. The summed E-state index contributed by atoms with van der Waals surface area (Å²) in [6.45, 7) is 0. The highest BCUT2D eigenvalue weighted by Gasteiger charge is 2.25. The summed E-state index contributed by atoms with van der Waals surface area (Å²) in [6.07, 6.45) is 0. The van der Waals surface area contributed by atoms with E-state index in [4.69, 9.17) is 0 Å². The second kappa shape index (κ2) is 14.4. The lowest BCUT2D eigenvalue weighted by molar-refractivity contribution is 1.19. The number of hydrogen-bond donors (Lipinski definition) is 0. The zero-order valence-corrected chi connectivity index (χ0v) is 36.0. The molecular weight excluding hydrogens is 797 g/mol. The van der Waals surface area contributed by atoms with Crippen LogP contribution in [-0.4, -0.2) is 4.57 Å². The van der Waals surface area contributed by atoms with E-state index < -0.39 is 0 Å². The van der Waals surface area contributed by atoms with Crippen LogP contribution in [0.15, 0.2) is 243 Å². The summed E-state index contributed by atoms with van der Waals surface area (Å²) in [5.41, 5.74) is 9.20. The van der Waals surface area contributed by atoms with E-state index in [1.165, 1.54) is 103 Å². The Morgan fingerprint density at radius 3 is 1.32 bits per heavy atom. The van der Waals surface area contributed by atoms with Crippen molar-refractivity contribution in [1.29, 1.82) is 0 Å². The van der Waals surface area contributed by atoms with Crippen LogP contribution in [0.2, 0.25) is 0 Å². The molecule has 14 aromatic rings. The highest BCUT2D eigenvalue weighted by atomic mass is 15.1. The van der Waals surface area contributed by atoms with Gasteiger partial charge in [-0.05, 0) is 130 Å². The zero-order valence-electron chi connectivity index (χ0n) is 36.0. The average Bonchev–Trinajstić information content (AvgIpc) is 3.74. The van der Waals surface area contributed by atoms with E-state index in [-0.39, 0.29) is 0 Å². The molecule has 2 nitrogen and oxygen atoms in total. The van der Waals surface area contributed by atoms with Crippen LogP contribution in [0.3, 0.4) is 0 Å². The fraction of sp³-hybridized carbons (Fsp3) is 0. The molecule has 0 aliphatic heterocycles. The van der Waals surface area contributed by atoms with Crippen LogP contribution < -0.4 is 4.90 Å². The first-order valence-electron chi connectivity index (χ1n) is 22.8. The summed E-state index contributed by atoms with van der Waals surface area (Å²) in [5, 5.41) is 20.0. The highest BCUT2D eigenvalue weighted by molar-refractivity contribution is 6.29. The zero-order chi connectivity index (χ0) is 43.3. The molecule has 13 aromatic carbocycles. The van der Waals surface area contributed by atoms with Gasteiger partial charge in [-0.3, -0.25) is 0 Å². The van der Waals surface area contributed by atoms with Gasteiger partial charge in [0.2, 0.25) is 0 Å². The minimum Gasteiger partial charge on any atom is -0.310 e. The van der Waals surface area contributed by atoms with Crippen LogP contribution in [-0.2, 0) is 0 Å². The van der Waals surface area contributed by atoms with E-state index in [0.717, 1.165) is 28.3 Å². The van der Waals surface area contributed by atoms with Gasteiger partial charge in [-0.15, -0.1) is 0 Å². The van der Waals surface area contributed by atoms with Crippen molar-refractivity contribution in [2.45, 2.75) is 0 Å². The number of nitrogens with zero attached hydrogens (tertiary/aromatic N) is 2. The van der Waals surface area contributed by atoms with Gasteiger partial charge in [-0.2, -0.15) is 0 Å². The predicted molar refractivity (Wildman–Crippen MR) is 283 cm³/mol. The molecule has 0 atom stereocenters. The molecule has 0 fully saturated rings. The molecule has 0 spiro atoms. The summed E-state index contributed by atoms with van der Waals surface area (Å²) >= 11 is 0. The SMILES string of the molecule is c1ccc(-c2ccc3c4c(N(c5ccccc5)c5ccc6c7ccccc7c7ccccc7c6c5)cc5ccccc5c4n(-c4ccc5c6ccccc6c6ccccc6c5c4)c3c2)cc1. The molecule has 14 rings (SSSR count). The van der Waals surface area contributed by atoms with Crippen molar-refractivity contribution in [2.24, 2.45) is 0 Å². The molecule has 66 heavy (non-hydrogen) atoms. The second-order valence-corrected chi connectivity index (χ2v) is 17.6. The molecule has 0 unspecified atom stereocenters. The summed E-state index contributed by atoms with van der Waals surface area (Å²) in [6, 6.07) is 89.8. The van der Waals surface area contributed by atoms with E-state index in [0.29, 0.717) is 0 Å². The molecule has 0 N–H and O–H groups in total. The summed E-state index contributed by atoms with van der Waals surface area (Å²) < 4.78 is 2.55. The maximum absolute atomic E-state index is 2.55. The number of para-hydroxylation sites is 1. The number of rotatable bonds is 5. The van der Waals surface area contributed by atoms with Gasteiger partial charge in [0.1, 0.15) is 0 Å². The van der Waals surface area contributed by atoms with Gasteiger partial charge in [-0.1, -0.05) is 194 Å². The molecular formula is C64H40N2. The molecule has 0 saturated carbocycles. The topological polar surface area (TPSA) is 8.17 Å². The Balaban J connectivity index is 1.13. The van der Waals surface area contributed by atoms with Gasteiger partial charge < -0.3 is 9.47 Å². The lowest BCUT2D eigenvalue weighted by Gasteiger charge is -2.28. The predicted octanol–water partition coefficient (Wildman–Crippen LogP) is 18.0. The largest absolute Gasteiger partial charge is 0.310 e. The first-order chi connectivity index (χ1) is 32.8. The third-order valence-corrected chi connectivity index (χ3v) is 14.1. The standard InChI is InChI=1S/C64H40N2/c1-3-17-41(18-4-1)42-31-34-58-61(37-42)66(46-33-36-57-53-28-12-10-24-49(53)51-26-14-16-30-55(51)60(57)40-46)64-47-22-8-7-19-43(47)38-62(63(58)64)65(44-20-5-2-6-21-44)45-32-35-56-52-27-11-9-23-48(52)50-25-13-15-29-54(50)59(56)39-45/h1-40H. The van der Waals surface area contributed by atoms with Crippen molar-refractivity contribution >= 4 is 114 Å². The summed E-state index contributed by atoms with van der Waals surface area (Å²) in [4.78, 5) is 2.49. The van der Waals surface area contributed by atoms with Gasteiger partial charge >= 0.3 is 0 Å². The minimum atomic E-state index is 1.10. The highest BCUT2D eigenvalue weighted by Crippen LogP contribution is 2.49. The van der Waals surface area contributed by atoms with E-state index in [1.807, 2.05) is 0 Å². The Morgan fingerprint density at radius 1 is 0.273 bits per heavy atom. The van der Waals surface area contributed by atoms with E-state index >= 15 is 0 Å². The van der Waals surface area contributed by atoms with Crippen LogP contribution >= 0.6 is 0 Å². The van der Waals surface area contributed by atoms with E-state index in [9.17, 15) is 0 Å². The number of anilines is 3. The fourth-order valence-electron chi connectivity index (χ4n) is 11.2. The summed E-state index contributed by atoms with van der Waals surface area (Å²) in [7, 11) is 0. The van der Waals surface area contributed by atoms with Gasteiger partial charge in [0.25, 0.3) is 0 Å². The lowest BCUT2D eigenvalue weighted by atomic mass is 9.93. The van der Waals surface area contributed by atoms with Crippen molar-refractivity contribution in [1.82, 2.24) is 4.57 Å². The van der Waals surface area contributed by atoms with Crippen LogP contribution in [0.5, 0.6) is 0 Å². The van der Waals surface area contributed by atoms with Crippen LogP contribution in [0.25, 0.3) is 114 Å². The first-order valence-corrected chi connectivity index (χ1v) is 22.8. The Labute approximate surface area is 381 Å². The molecule has 0 aliphatic rings. The van der Waals surface area contributed by atoms with Crippen molar-refractivity contribution in [3.8, 4) is 16.8 Å². The second-order valence-electron chi connectivity index (χ2n) is 17.6. The lowest BCUT2D eigenvalue weighted by Crippen LogP contribution is -2.10. The molecule has 0 amide bonds. The van der Waals surface area contributed by atoms with Crippen molar-refractivity contribution < 1.29 is 0 Å². The average molecular weight is 837 g/mol. The molecule has 1 heterocycles. The smallest absolute Gasteiger partial charge is 0.0640 e. The third kappa shape index (κ3) is 5.42. The molecule has 0 radical (unpaired) electrons. The van der Waals surface area contributed by atoms with E-state index in [1.54, 1.807) is 0 Å². The first kappa shape index (κ1) is 36.7. The van der Waals surface area contributed by atoms with Gasteiger partial charge in [0.05, 0.1) is 16.7 Å². The van der Waals surface area contributed by atoms with Crippen LogP contribution in [0.1, 0.15) is 0 Å². The third-order valence-electron chi connectivity index (χ3n) is 14.1. The maximum atomic E-state index is 2.55. The van der Waals surface area contributed by atoms with Gasteiger partial charge in [-0.25, -0.2) is 0 Å². The van der Waals surface area contributed by atoms with Crippen molar-refractivity contribution in [2.75, 3.05) is 4.90 Å². The number of benzene rings is 13. The Hall–Kier alpha value is -8.72. The van der Waals surface area contributed by atoms with Crippen molar-refractivity contribution in [3.05, 3.63) is 243 Å². The normalized spacial score (nSPS) is 11.9. The molecule has 0 bridgehead atoms. The maximum Gasteiger partial charge on any atom is 0.0640 e. The number of fused-ring (bicyclic) bond motifs is 17.